The maximum absolute atomic E-state index is 6.08. The molecule has 20 heavy (non-hydrogen) atoms. The Bertz CT molecular complexity index is 470. The zero-order valence-electron chi connectivity index (χ0n) is 12.6. The lowest BCUT2D eigenvalue weighted by molar-refractivity contribution is 0.270. The van der Waals surface area contributed by atoms with Crippen molar-refractivity contribution >= 4 is 11.9 Å². The molecule has 1 unspecified atom stereocenters. The monoisotopic (exact) mass is 276 g/mol. The molecule has 0 aromatic carbocycles. The molecule has 0 bridgehead atoms. The number of aromatic nitrogens is 2. The maximum atomic E-state index is 6.08. The van der Waals surface area contributed by atoms with Crippen LogP contribution in [-0.2, 0) is 6.54 Å². The van der Waals surface area contributed by atoms with Crippen molar-refractivity contribution in [3.05, 3.63) is 18.0 Å². The van der Waals surface area contributed by atoms with E-state index in [1.807, 2.05) is 25.1 Å². The second-order valence-electron chi connectivity index (χ2n) is 5.61. The molecule has 1 aliphatic rings. The van der Waals surface area contributed by atoms with Gasteiger partial charge < -0.3 is 15.5 Å². The van der Waals surface area contributed by atoms with Gasteiger partial charge in [-0.2, -0.15) is 0 Å². The number of hydrogen-bond donors (Lipinski definition) is 1. The summed E-state index contributed by atoms with van der Waals surface area (Å²) in [5, 5.41) is 0. The third-order valence-corrected chi connectivity index (χ3v) is 3.48. The fourth-order valence-corrected chi connectivity index (χ4v) is 2.35. The smallest absolute Gasteiger partial charge is 0.225 e. The summed E-state index contributed by atoms with van der Waals surface area (Å²) in [4.78, 5) is 17.1. The lowest BCUT2D eigenvalue weighted by atomic mass is 10.0. The Balaban J connectivity index is 1.99. The number of anilines is 1. The van der Waals surface area contributed by atoms with Crippen LogP contribution in [0.4, 0.5) is 5.95 Å². The van der Waals surface area contributed by atoms with Crippen LogP contribution < -0.4 is 10.6 Å². The summed E-state index contributed by atoms with van der Waals surface area (Å²) in [5.74, 6) is 2.02. The quantitative estimate of drug-likeness (QED) is 0.661. The zero-order chi connectivity index (χ0) is 14.5. The van der Waals surface area contributed by atoms with Crippen LogP contribution >= 0.6 is 0 Å². The Morgan fingerprint density at radius 1 is 1.55 bits per heavy atom. The lowest BCUT2D eigenvalue weighted by Gasteiger charge is -2.31. The highest BCUT2D eigenvalue weighted by Gasteiger charge is 2.17. The first kappa shape index (κ1) is 14.6. The molecule has 1 saturated heterocycles. The molecule has 110 valence electrons. The van der Waals surface area contributed by atoms with Crippen molar-refractivity contribution in [2.24, 2.45) is 16.6 Å². The molecule has 0 saturated carbocycles. The van der Waals surface area contributed by atoms with Gasteiger partial charge in [0, 0.05) is 33.4 Å². The number of likely N-dealkylation sites (tertiary alicyclic amines) is 1. The molecule has 0 spiro atoms. The van der Waals surface area contributed by atoms with Gasteiger partial charge in [0.25, 0.3) is 0 Å². The van der Waals surface area contributed by atoms with E-state index in [1.165, 1.54) is 12.8 Å². The summed E-state index contributed by atoms with van der Waals surface area (Å²) in [6, 6.07) is 1.88. The van der Waals surface area contributed by atoms with Gasteiger partial charge in [0.1, 0.15) is 0 Å². The SMILES string of the molecule is CC1CCCN(C(N)=NCc2ccnc(N(C)C)n2)C1. The molecule has 2 N–H and O–H groups in total. The summed E-state index contributed by atoms with van der Waals surface area (Å²) in [6.45, 7) is 4.77. The first-order chi connectivity index (χ1) is 9.56. The Kier molecular flexibility index (Phi) is 4.76. The second-order valence-corrected chi connectivity index (χ2v) is 5.61. The highest BCUT2D eigenvalue weighted by Crippen LogP contribution is 2.15. The number of nitrogens with two attached hydrogens (primary N) is 1. The van der Waals surface area contributed by atoms with Crippen LogP contribution in [0.3, 0.4) is 0 Å². The van der Waals surface area contributed by atoms with Gasteiger partial charge in [0.05, 0.1) is 12.2 Å². The molecule has 1 aromatic heterocycles. The van der Waals surface area contributed by atoms with E-state index < -0.39 is 0 Å². The topological polar surface area (TPSA) is 70.6 Å². The fraction of sp³-hybridized carbons (Fsp3) is 0.643. The van der Waals surface area contributed by atoms with Crippen LogP contribution in [0.15, 0.2) is 17.3 Å². The molecule has 0 aliphatic carbocycles. The summed E-state index contributed by atoms with van der Waals surface area (Å²) in [7, 11) is 3.84. The Hall–Kier alpha value is -1.85. The number of guanidine groups is 1. The zero-order valence-corrected chi connectivity index (χ0v) is 12.6. The van der Waals surface area contributed by atoms with Gasteiger partial charge >= 0.3 is 0 Å². The summed E-state index contributed by atoms with van der Waals surface area (Å²) in [6.07, 6.45) is 4.23. The predicted molar refractivity (Wildman–Crippen MR) is 81.7 cm³/mol. The van der Waals surface area contributed by atoms with Crippen LogP contribution in [-0.4, -0.2) is 48.0 Å². The Morgan fingerprint density at radius 3 is 3.05 bits per heavy atom. The highest BCUT2D eigenvalue weighted by atomic mass is 15.3. The van der Waals surface area contributed by atoms with Crippen LogP contribution in [0.25, 0.3) is 0 Å². The van der Waals surface area contributed by atoms with Gasteiger partial charge in [-0.3, -0.25) is 0 Å². The molecule has 2 heterocycles. The van der Waals surface area contributed by atoms with Crippen LogP contribution in [0.5, 0.6) is 0 Å². The molecule has 2 rings (SSSR count). The van der Waals surface area contributed by atoms with E-state index in [4.69, 9.17) is 5.73 Å². The highest BCUT2D eigenvalue weighted by molar-refractivity contribution is 5.78. The lowest BCUT2D eigenvalue weighted by Crippen LogP contribution is -2.43. The van der Waals surface area contributed by atoms with E-state index in [-0.39, 0.29) is 0 Å². The first-order valence-electron chi connectivity index (χ1n) is 7.10. The molecule has 0 amide bonds. The summed E-state index contributed by atoms with van der Waals surface area (Å²) >= 11 is 0. The fourth-order valence-electron chi connectivity index (χ4n) is 2.35. The number of piperidine rings is 1. The van der Waals surface area contributed by atoms with Crippen LogP contribution in [0, 0.1) is 5.92 Å². The minimum absolute atomic E-state index is 0.500. The van der Waals surface area contributed by atoms with Crippen molar-refractivity contribution in [1.82, 2.24) is 14.9 Å². The standard InChI is InChI=1S/C14H24N6/c1-11-5-4-8-20(10-11)13(15)17-9-12-6-7-16-14(18-12)19(2)3/h6-7,11H,4-5,8-10H2,1-3H3,(H2,15,17). The van der Waals surface area contributed by atoms with Crippen molar-refractivity contribution < 1.29 is 0 Å². The maximum Gasteiger partial charge on any atom is 0.225 e. The minimum atomic E-state index is 0.500. The Morgan fingerprint density at radius 2 is 2.35 bits per heavy atom. The molecule has 6 nitrogen and oxygen atoms in total. The van der Waals surface area contributed by atoms with Crippen molar-refractivity contribution in [3.63, 3.8) is 0 Å². The molecule has 1 fully saturated rings. The van der Waals surface area contributed by atoms with E-state index in [0.29, 0.717) is 24.4 Å². The average molecular weight is 276 g/mol. The van der Waals surface area contributed by atoms with Gasteiger partial charge in [0.15, 0.2) is 5.96 Å². The van der Waals surface area contributed by atoms with E-state index >= 15 is 0 Å². The number of aliphatic imine (C=N–C) groups is 1. The molecule has 1 aromatic rings. The molecule has 1 atom stereocenters. The second kappa shape index (κ2) is 6.54. The number of nitrogens with zero attached hydrogens (tertiary/aromatic N) is 5. The van der Waals surface area contributed by atoms with Crippen molar-refractivity contribution in [2.75, 3.05) is 32.1 Å². The molecular formula is C14H24N6. The van der Waals surface area contributed by atoms with Crippen LogP contribution in [0.1, 0.15) is 25.5 Å². The normalized spacial score (nSPS) is 20.1. The third kappa shape index (κ3) is 3.82. The summed E-state index contributed by atoms with van der Waals surface area (Å²) < 4.78 is 0. The van der Waals surface area contributed by atoms with Crippen molar-refractivity contribution in [3.8, 4) is 0 Å². The molecule has 0 radical (unpaired) electrons. The van der Waals surface area contributed by atoms with E-state index in [0.717, 1.165) is 18.8 Å². The van der Waals surface area contributed by atoms with E-state index in [9.17, 15) is 0 Å². The average Bonchev–Trinajstić information content (AvgIpc) is 2.45. The van der Waals surface area contributed by atoms with Gasteiger partial charge in [-0.15, -0.1) is 0 Å². The van der Waals surface area contributed by atoms with Gasteiger partial charge in [-0.25, -0.2) is 15.0 Å². The predicted octanol–water partition coefficient (Wildman–Crippen LogP) is 1.09. The Labute approximate surface area is 120 Å². The van der Waals surface area contributed by atoms with Crippen LogP contribution in [0.2, 0.25) is 0 Å². The summed E-state index contributed by atoms with van der Waals surface area (Å²) in [5.41, 5.74) is 6.96. The van der Waals surface area contributed by atoms with E-state index in [2.05, 4.69) is 26.8 Å². The van der Waals surface area contributed by atoms with Crippen molar-refractivity contribution in [1.29, 1.82) is 0 Å². The minimum Gasteiger partial charge on any atom is -0.370 e. The number of hydrogen-bond acceptors (Lipinski definition) is 4. The van der Waals surface area contributed by atoms with Gasteiger partial charge in [-0.05, 0) is 24.8 Å². The molecular weight excluding hydrogens is 252 g/mol. The van der Waals surface area contributed by atoms with Gasteiger partial charge in [0.2, 0.25) is 5.95 Å². The first-order valence-corrected chi connectivity index (χ1v) is 7.10. The molecule has 1 aliphatic heterocycles. The van der Waals surface area contributed by atoms with E-state index in [1.54, 1.807) is 6.20 Å². The third-order valence-electron chi connectivity index (χ3n) is 3.48. The largest absolute Gasteiger partial charge is 0.370 e. The molecule has 6 heteroatoms. The van der Waals surface area contributed by atoms with Crippen molar-refractivity contribution in [2.45, 2.75) is 26.3 Å². The van der Waals surface area contributed by atoms with Gasteiger partial charge in [-0.1, -0.05) is 6.92 Å². The number of rotatable bonds is 3.